The summed E-state index contributed by atoms with van der Waals surface area (Å²) in [7, 11) is 1.75. The topological polar surface area (TPSA) is 134 Å². The zero-order valence-electron chi connectivity index (χ0n) is 18.1. The van der Waals surface area contributed by atoms with Crippen LogP contribution in [0.15, 0.2) is 27.9 Å². The zero-order valence-corrected chi connectivity index (χ0v) is 18.1. The Morgan fingerprint density at radius 3 is 2.88 bits per heavy atom. The molecule has 11 nitrogen and oxygen atoms in total. The highest BCUT2D eigenvalue weighted by atomic mass is 16.3. The number of H-pyrrole nitrogens is 1. The number of hydrogen-bond donors (Lipinski definition) is 3. The second-order valence-corrected chi connectivity index (χ2v) is 8.68. The van der Waals surface area contributed by atoms with E-state index < -0.39 is 6.10 Å². The van der Waals surface area contributed by atoms with E-state index in [1.165, 1.54) is 10.9 Å². The van der Waals surface area contributed by atoms with Gasteiger partial charge in [0.1, 0.15) is 11.2 Å². The number of aliphatic hydroxyl groups is 1. The Balaban J connectivity index is 1.37. The molecular weight excluding hydrogens is 412 g/mol. The van der Waals surface area contributed by atoms with Gasteiger partial charge in [-0.1, -0.05) is 0 Å². The highest BCUT2D eigenvalue weighted by molar-refractivity contribution is 5.74. The number of rotatable bonds is 5. The molecule has 3 aromatic rings. The van der Waals surface area contributed by atoms with E-state index in [1.54, 1.807) is 23.9 Å². The van der Waals surface area contributed by atoms with Gasteiger partial charge in [-0.3, -0.25) is 19.3 Å². The number of piperidine rings is 1. The maximum absolute atomic E-state index is 12.4. The van der Waals surface area contributed by atoms with Crippen LogP contribution in [-0.4, -0.2) is 59.9 Å². The molecule has 1 aliphatic heterocycles. The number of nitrogens with zero attached hydrogens (tertiary/aromatic N) is 6. The Bertz CT molecular complexity index is 1230. The average Bonchev–Trinajstić information content (AvgIpc) is 3.39. The summed E-state index contributed by atoms with van der Waals surface area (Å²) in [6.45, 7) is 1.40. The molecule has 1 saturated carbocycles. The lowest BCUT2D eigenvalue weighted by Gasteiger charge is -2.37. The zero-order chi connectivity index (χ0) is 22.2. The number of aliphatic hydroxyl groups excluding tert-OH is 1. The van der Waals surface area contributed by atoms with Crippen molar-refractivity contribution in [3.63, 3.8) is 0 Å². The molecular formula is C21H28N8O3. The quantitative estimate of drug-likeness (QED) is 0.530. The second kappa shape index (κ2) is 8.38. The molecule has 5 rings (SSSR count). The Morgan fingerprint density at radius 2 is 2.06 bits per heavy atom. The van der Waals surface area contributed by atoms with Crippen LogP contribution in [0.5, 0.6) is 0 Å². The van der Waals surface area contributed by atoms with Crippen LogP contribution in [-0.2, 0) is 7.05 Å². The first-order valence-electron chi connectivity index (χ1n) is 11.2. The monoisotopic (exact) mass is 440 g/mol. The standard InChI is InChI=1S/C21H28N8O3/c1-27-19-14(12-23-27)20(32)25-21(24-19)22-11-13-5-2-3-10-28(13)17-8-9-18(31)29(26-17)15-6-4-7-16(15)30/h8-9,12-13,15-16,30H,2-7,10-11H2,1H3,(H2,22,24,25,32). The van der Waals surface area contributed by atoms with Crippen molar-refractivity contribution in [1.29, 1.82) is 0 Å². The Morgan fingerprint density at radius 1 is 1.19 bits per heavy atom. The van der Waals surface area contributed by atoms with Crippen LogP contribution in [0, 0.1) is 0 Å². The van der Waals surface area contributed by atoms with E-state index in [2.05, 4.69) is 30.4 Å². The number of nitrogens with one attached hydrogen (secondary N) is 2. The highest BCUT2D eigenvalue weighted by Crippen LogP contribution is 2.29. The molecule has 3 N–H and O–H groups in total. The number of aromatic nitrogens is 6. The van der Waals surface area contributed by atoms with Crippen LogP contribution in [0.1, 0.15) is 44.6 Å². The van der Waals surface area contributed by atoms with Gasteiger partial charge in [-0.25, -0.2) is 4.68 Å². The van der Waals surface area contributed by atoms with Crippen molar-refractivity contribution in [3.8, 4) is 0 Å². The summed E-state index contributed by atoms with van der Waals surface area (Å²) in [6.07, 6.45) is 6.43. The van der Waals surface area contributed by atoms with Crippen LogP contribution >= 0.6 is 0 Å². The molecule has 32 heavy (non-hydrogen) atoms. The molecule has 4 heterocycles. The first-order chi connectivity index (χ1) is 15.5. The number of aromatic amines is 1. The fraction of sp³-hybridized carbons (Fsp3) is 0.571. The molecule has 11 heteroatoms. The number of anilines is 2. The van der Waals surface area contributed by atoms with E-state index in [0.717, 1.165) is 44.5 Å². The van der Waals surface area contributed by atoms with Crippen molar-refractivity contribution < 1.29 is 5.11 Å². The van der Waals surface area contributed by atoms with Crippen molar-refractivity contribution in [3.05, 3.63) is 39.0 Å². The summed E-state index contributed by atoms with van der Waals surface area (Å²) < 4.78 is 3.04. The number of hydrogen-bond acceptors (Lipinski definition) is 8. The van der Waals surface area contributed by atoms with Crippen molar-refractivity contribution in [2.45, 2.75) is 56.7 Å². The molecule has 3 atom stereocenters. The summed E-state index contributed by atoms with van der Waals surface area (Å²) in [6, 6.07) is 3.18. The van der Waals surface area contributed by atoms with E-state index in [1.807, 2.05) is 0 Å². The lowest BCUT2D eigenvalue weighted by Crippen LogP contribution is -2.45. The Kier molecular flexibility index (Phi) is 5.41. The Hall–Kier alpha value is -3.21. The molecule has 1 saturated heterocycles. The first-order valence-corrected chi connectivity index (χ1v) is 11.2. The van der Waals surface area contributed by atoms with Crippen LogP contribution < -0.4 is 21.3 Å². The third-order valence-corrected chi connectivity index (χ3v) is 6.60. The van der Waals surface area contributed by atoms with Crippen LogP contribution in [0.2, 0.25) is 0 Å². The molecule has 2 aliphatic rings. The molecule has 0 aromatic carbocycles. The summed E-state index contributed by atoms with van der Waals surface area (Å²) in [5.74, 6) is 1.14. The van der Waals surface area contributed by atoms with Gasteiger partial charge in [0.25, 0.3) is 11.1 Å². The van der Waals surface area contributed by atoms with Gasteiger partial charge in [0.05, 0.1) is 18.3 Å². The molecule has 170 valence electrons. The first kappa shape index (κ1) is 20.7. The van der Waals surface area contributed by atoms with Gasteiger partial charge >= 0.3 is 0 Å². The van der Waals surface area contributed by atoms with Gasteiger partial charge in [0.2, 0.25) is 5.95 Å². The average molecular weight is 441 g/mol. The molecule has 0 amide bonds. The van der Waals surface area contributed by atoms with Gasteiger partial charge in [-0.05, 0) is 44.6 Å². The predicted molar refractivity (Wildman–Crippen MR) is 120 cm³/mol. The molecule has 2 fully saturated rings. The van der Waals surface area contributed by atoms with E-state index >= 15 is 0 Å². The smallest absolute Gasteiger partial charge is 0.267 e. The van der Waals surface area contributed by atoms with E-state index in [0.29, 0.717) is 29.9 Å². The Labute approximate surface area is 184 Å². The van der Waals surface area contributed by atoms with E-state index in [4.69, 9.17) is 0 Å². The van der Waals surface area contributed by atoms with E-state index in [9.17, 15) is 14.7 Å². The van der Waals surface area contributed by atoms with Gasteiger partial charge in [0, 0.05) is 32.2 Å². The van der Waals surface area contributed by atoms with Crippen molar-refractivity contribution in [1.82, 2.24) is 29.5 Å². The normalized spacial score (nSPS) is 23.7. The summed E-state index contributed by atoms with van der Waals surface area (Å²) in [5, 5.41) is 22.7. The molecule has 1 aliphatic carbocycles. The van der Waals surface area contributed by atoms with E-state index in [-0.39, 0.29) is 23.2 Å². The lowest BCUT2D eigenvalue weighted by atomic mass is 10.0. The second-order valence-electron chi connectivity index (χ2n) is 8.68. The maximum Gasteiger partial charge on any atom is 0.267 e. The number of fused-ring (bicyclic) bond motifs is 1. The van der Waals surface area contributed by atoms with Crippen molar-refractivity contribution >= 4 is 22.8 Å². The van der Waals surface area contributed by atoms with Gasteiger partial charge in [-0.15, -0.1) is 0 Å². The van der Waals surface area contributed by atoms with Crippen LogP contribution in [0.25, 0.3) is 11.0 Å². The minimum Gasteiger partial charge on any atom is -0.391 e. The van der Waals surface area contributed by atoms with Gasteiger partial charge in [0.15, 0.2) is 5.65 Å². The SMILES string of the molecule is Cn1ncc2c(=O)[nH]c(NCC3CCCCN3c3ccc(=O)n(C4CCCC4O)n3)nc21. The third kappa shape index (κ3) is 3.77. The minimum atomic E-state index is -0.529. The predicted octanol–water partition coefficient (Wildman–Crippen LogP) is 0.770. The summed E-state index contributed by atoms with van der Waals surface area (Å²) in [5.41, 5.74) is 0.119. The minimum absolute atomic E-state index is 0.128. The van der Waals surface area contributed by atoms with Crippen molar-refractivity contribution in [2.24, 2.45) is 7.05 Å². The molecule has 3 aromatic heterocycles. The number of aryl methyl sites for hydroxylation is 1. The largest absolute Gasteiger partial charge is 0.391 e. The summed E-state index contributed by atoms with van der Waals surface area (Å²) >= 11 is 0. The third-order valence-electron chi connectivity index (χ3n) is 6.60. The lowest BCUT2D eigenvalue weighted by molar-refractivity contribution is 0.127. The molecule has 0 radical (unpaired) electrons. The van der Waals surface area contributed by atoms with Gasteiger partial charge in [-0.2, -0.15) is 15.2 Å². The molecule has 3 unspecified atom stereocenters. The van der Waals surface area contributed by atoms with Crippen LogP contribution in [0.4, 0.5) is 11.8 Å². The molecule has 0 spiro atoms. The van der Waals surface area contributed by atoms with Crippen LogP contribution in [0.3, 0.4) is 0 Å². The fourth-order valence-electron chi connectivity index (χ4n) is 4.86. The highest BCUT2D eigenvalue weighted by Gasteiger charge is 2.30. The van der Waals surface area contributed by atoms with Crippen molar-refractivity contribution in [2.75, 3.05) is 23.3 Å². The fourth-order valence-corrected chi connectivity index (χ4v) is 4.86. The maximum atomic E-state index is 12.4. The molecule has 0 bridgehead atoms. The van der Waals surface area contributed by atoms with Gasteiger partial charge < -0.3 is 15.3 Å². The summed E-state index contributed by atoms with van der Waals surface area (Å²) in [4.78, 5) is 34.2.